The van der Waals surface area contributed by atoms with Crippen LogP contribution in [-0.2, 0) is 13.6 Å². The standard InChI is InChI=1S/C10H12N4O2/c1-7-3-8(13(2)12-7)4-14-5-9(10(15)16)11-6-14/h3,5-6H,4H2,1-2H3,(H,15,16). The third kappa shape index (κ3) is 1.95. The molecule has 6 nitrogen and oxygen atoms in total. The van der Waals surface area contributed by atoms with Crippen molar-refractivity contribution in [1.29, 1.82) is 0 Å². The fraction of sp³-hybridized carbons (Fsp3) is 0.300. The maximum Gasteiger partial charge on any atom is 0.356 e. The number of imidazole rings is 1. The second kappa shape index (κ2) is 3.80. The Bertz CT molecular complexity index is 527. The monoisotopic (exact) mass is 220 g/mol. The van der Waals surface area contributed by atoms with E-state index in [1.54, 1.807) is 9.25 Å². The summed E-state index contributed by atoms with van der Waals surface area (Å²) < 4.78 is 3.50. The molecular weight excluding hydrogens is 208 g/mol. The smallest absolute Gasteiger partial charge is 0.356 e. The lowest BCUT2D eigenvalue weighted by molar-refractivity contribution is 0.0691. The first-order valence-corrected chi connectivity index (χ1v) is 4.81. The van der Waals surface area contributed by atoms with Crippen LogP contribution in [0.25, 0.3) is 0 Å². The molecule has 2 rings (SSSR count). The number of aromatic carboxylic acids is 1. The number of aryl methyl sites for hydroxylation is 2. The minimum Gasteiger partial charge on any atom is -0.476 e. The van der Waals surface area contributed by atoms with Crippen molar-refractivity contribution in [2.75, 3.05) is 0 Å². The lowest BCUT2D eigenvalue weighted by atomic mass is 10.3. The highest BCUT2D eigenvalue weighted by atomic mass is 16.4. The second-order valence-electron chi connectivity index (χ2n) is 3.64. The number of carboxylic acids is 1. The molecule has 16 heavy (non-hydrogen) atoms. The molecule has 0 aliphatic rings. The van der Waals surface area contributed by atoms with Gasteiger partial charge in [-0.1, -0.05) is 0 Å². The molecule has 2 aromatic heterocycles. The first kappa shape index (κ1) is 10.4. The van der Waals surface area contributed by atoms with Crippen LogP contribution < -0.4 is 0 Å². The van der Waals surface area contributed by atoms with Gasteiger partial charge in [-0.05, 0) is 13.0 Å². The number of aromatic nitrogens is 4. The van der Waals surface area contributed by atoms with Crippen LogP contribution >= 0.6 is 0 Å². The van der Waals surface area contributed by atoms with Gasteiger partial charge in [0.05, 0.1) is 24.3 Å². The molecule has 0 amide bonds. The molecule has 0 aromatic carbocycles. The van der Waals surface area contributed by atoms with Crippen LogP contribution in [0.2, 0.25) is 0 Å². The Balaban J connectivity index is 2.20. The van der Waals surface area contributed by atoms with Crippen LogP contribution in [0.4, 0.5) is 0 Å². The number of carboxylic acid groups (broad SMARTS) is 1. The average Bonchev–Trinajstić information content (AvgIpc) is 2.75. The molecular formula is C10H12N4O2. The van der Waals surface area contributed by atoms with Crippen molar-refractivity contribution in [3.05, 3.63) is 35.7 Å². The molecule has 0 saturated carbocycles. The predicted octanol–water partition coefficient (Wildman–Crippen LogP) is 0.672. The van der Waals surface area contributed by atoms with Crippen molar-refractivity contribution in [3.8, 4) is 0 Å². The van der Waals surface area contributed by atoms with Crippen LogP contribution in [0.3, 0.4) is 0 Å². The zero-order chi connectivity index (χ0) is 11.7. The first-order chi connectivity index (χ1) is 7.56. The summed E-state index contributed by atoms with van der Waals surface area (Å²) in [5.74, 6) is -1.01. The van der Waals surface area contributed by atoms with Gasteiger partial charge < -0.3 is 9.67 Å². The van der Waals surface area contributed by atoms with Gasteiger partial charge in [-0.15, -0.1) is 0 Å². The average molecular weight is 220 g/mol. The molecule has 0 fully saturated rings. The van der Waals surface area contributed by atoms with Gasteiger partial charge in [0.2, 0.25) is 0 Å². The van der Waals surface area contributed by atoms with Gasteiger partial charge in [-0.3, -0.25) is 4.68 Å². The maximum absolute atomic E-state index is 10.6. The third-order valence-electron chi connectivity index (χ3n) is 2.30. The Morgan fingerprint density at radius 3 is 2.81 bits per heavy atom. The molecule has 0 radical (unpaired) electrons. The minimum absolute atomic E-state index is 0.0545. The van der Waals surface area contributed by atoms with Crippen molar-refractivity contribution in [2.45, 2.75) is 13.5 Å². The van der Waals surface area contributed by atoms with Crippen LogP contribution in [-0.4, -0.2) is 30.4 Å². The Hall–Kier alpha value is -2.11. The van der Waals surface area contributed by atoms with Gasteiger partial charge in [0.15, 0.2) is 5.69 Å². The molecule has 0 atom stereocenters. The number of hydrogen-bond donors (Lipinski definition) is 1. The summed E-state index contributed by atoms with van der Waals surface area (Å²) in [6, 6.07) is 1.96. The van der Waals surface area contributed by atoms with E-state index in [-0.39, 0.29) is 5.69 Å². The molecule has 2 heterocycles. The quantitative estimate of drug-likeness (QED) is 0.825. The van der Waals surface area contributed by atoms with Crippen molar-refractivity contribution >= 4 is 5.97 Å². The molecule has 0 spiro atoms. The van der Waals surface area contributed by atoms with Crippen molar-refractivity contribution in [1.82, 2.24) is 19.3 Å². The zero-order valence-electron chi connectivity index (χ0n) is 9.08. The topological polar surface area (TPSA) is 72.9 Å². The summed E-state index contributed by atoms with van der Waals surface area (Å²) >= 11 is 0. The van der Waals surface area contributed by atoms with E-state index < -0.39 is 5.97 Å². The SMILES string of the molecule is Cc1cc(Cn2cnc(C(=O)O)c2)n(C)n1. The van der Waals surface area contributed by atoms with E-state index in [0.29, 0.717) is 6.54 Å². The highest BCUT2D eigenvalue weighted by Crippen LogP contribution is 2.05. The van der Waals surface area contributed by atoms with E-state index >= 15 is 0 Å². The van der Waals surface area contributed by atoms with Crippen LogP contribution in [0.1, 0.15) is 21.9 Å². The number of rotatable bonds is 3. The van der Waals surface area contributed by atoms with E-state index in [0.717, 1.165) is 11.4 Å². The van der Waals surface area contributed by atoms with Gasteiger partial charge in [-0.2, -0.15) is 5.10 Å². The summed E-state index contributed by atoms with van der Waals surface area (Å²) in [5.41, 5.74) is 2.00. The van der Waals surface area contributed by atoms with Gasteiger partial charge in [-0.25, -0.2) is 9.78 Å². The van der Waals surface area contributed by atoms with E-state index in [4.69, 9.17) is 5.11 Å². The molecule has 0 saturated heterocycles. The minimum atomic E-state index is -1.01. The molecule has 0 aliphatic heterocycles. The Labute approximate surface area is 92.2 Å². The number of carbonyl (C=O) groups is 1. The van der Waals surface area contributed by atoms with Crippen LogP contribution in [0.15, 0.2) is 18.6 Å². The number of nitrogens with zero attached hydrogens (tertiary/aromatic N) is 4. The van der Waals surface area contributed by atoms with Gasteiger partial charge in [0, 0.05) is 13.2 Å². The molecule has 6 heteroatoms. The van der Waals surface area contributed by atoms with E-state index in [9.17, 15) is 4.79 Å². The first-order valence-electron chi connectivity index (χ1n) is 4.81. The molecule has 0 unspecified atom stereocenters. The maximum atomic E-state index is 10.6. The van der Waals surface area contributed by atoms with Gasteiger partial charge in [0.25, 0.3) is 0 Å². The highest BCUT2D eigenvalue weighted by molar-refractivity contribution is 5.84. The number of hydrogen-bond acceptors (Lipinski definition) is 3. The zero-order valence-corrected chi connectivity index (χ0v) is 9.08. The molecule has 2 aromatic rings. The van der Waals surface area contributed by atoms with Crippen molar-refractivity contribution in [2.24, 2.45) is 7.05 Å². The second-order valence-corrected chi connectivity index (χ2v) is 3.64. The Morgan fingerprint density at radius 2 is 2.31 bits per heavy atom. The Kier molecular flexibility index (Phi) is 2.47. The summed E-state index contributed by atoms with van der Waals surface area (Å²) in [6.45, 7) is 2.48. The molecule has 1 N–H and O–H groups in total. The largest absolute Gasteiger partial charge is 0.476 e. The lowest BCUT2D eigenvalue weighted by Crippen LogP contribution is -2.04. The van der Waals surface area contributed by atoms with E-state index in [2.05, 4.69) is 10.1 Å². The summed E-state index contributed by atoms with van der Waals surface area (Å²) in [5, 5.41) is 12.9. The molecule has 0 bridgehead atoms. The van der Waals surface area contributed by atoms with Crippen molar-refractivity contribution in [3.63, 3.8) is 0 Å². The fourth-order valence-corrected chi connectivity index (χ4v) is 1.56. The summed E-state index contributed by atoms with van der Waals surface area (Å²) in [6.07, 6.45) is 3.01. The van der Waals surface area contributed by atoms with Gasteiger partial charge in [0.1, 0.15) is 0 Å². The normalized spacial score (nSPS) is 10.6. The third-order valence-corrected chi connectivity index (χ3v) is 2.30. The summed E-state index contributed by atoms with van der Waals surface area (Å²) in [7, 11) is 1.86. The molecule has 84 valence electrons. The van der Waals surface area contributed by atoms with E-state index in [1.165, 1.54) is 12.5 Å². The predicted molar refractivity (Wildman–Crippen MR) is 56.2 cm³/mol. The lowest BCUT2D eigenvalue weighted by Gasteiger charge is -2.01. The molecule has 0 aliphatic carbocycles. The van der Waals surface area contributed by atoms with Crippen molar-refractivity contribution < 1.29 is 9.90 Å². The van der Waals surface area contributed by atoms with Gasteiger partial charge >= 0.3 is 5.97 Å². The Morgan fingerprint density at radius 1 is 1.56 bits per heavy atom. The highest BCUT2D eigenvalue weighted by Gasteiger charge is 2.08. The van der Waals surface area contributed by atoms with E-state index in [1.807, 2.05) is 20.0 Å². The summed E-state index contributed by atoms with van der Waals surface area (Å²) in [4.78, 5) is 14.4. The van der Waals surface area contributed by atoms with Crippen LogP contribution in [0, 0.1) is 6.92 Å². The fourth-order valence-electron chi connectivity index (χ4n) is 1.56. The van der Waals surface area contributed by atoms with Crippen LogP contribution in [0.5, 0.6) is 0 Å².